The molecule has 24 heavy (non-hydrogen) atoms. The fraction of sp³-hybridized carbons (Fsp3) is 0.381. The van der Waals surface area contributed by atoms with Crippen LogP contribution in [0.2, 0.25) is 0 Å². The standard InChI is InChI=1S/C21H28N2O/c1-5-22(6-2)19-14-12-17(13-15-19)21(24)18-10-9-11-20(16-18)23(7-3)8-4/h9-16H,5-8H2,1-4H3. The van der Waals surface area contributed by atoms with Gasteiger partial charge in [-0.15, -0.1) is 0 Å². The fourth-order valence-electron chi connectivity index (χ4n) is 3.01. The fourth-order valence-corrected chi connectivity index (χ4v) is 3.01. The molecule has 0 aliphatic heterocycles. The normalized spacial score (nSPS) is 10.5. The molecule has 2 rings (SSSR count). The van der Waals surface area contributed by atoms with E-state index in [1.807, 2.05) is 42.5 Å². The minimum Gasteiger partial charge on any atom is -0.372 e. The molecule has 0 saturated heterocycles. The van der Waals surface area contributed by atoms with Gasteiger partial charge in [0.15, 0.2) is 5.78 Å². The van der Waals surface area contributed by atoms with E-state index in [-0.39, 0.29) is 5.78 Å². The molecule has 2 aromatic rings. The van der Waals surface area contributed by atoms with Crippen LogP contribution < -0.4 is 9.80 Å². The maximum Gasteiger partial charge on any atom is 0.193 e. The molecule has 0 N–H and O–H groups in total. The van der Waals surface area contributed by atoms with Gasteiger partial charge in [0, 0.05) is 48.7 Å². The van der Waals surface area contributed by atoms with Crippen molar-refractivity contribution in [2.45, 2.75) is 27.7 Å². The third kappa shape index (κ3) is 3.97. The predicted octanol–water partition coefficient (Wildman–Crippen LogP) is 4.61. The molecular formula is C21H28N2O. The van der Waals surface area contributed by atoms with Gasteiger partial charge in [0.1, 0.15) is 0 Å². The Bertz CT molecular complexity index is 656. The molecule has 0 aromatic heterocycles. The highest BCUT2D eigenvalue weighted by Gasteiger charge is 2.12. The molecular weight excluding hydrogens is 296 g/mol. The number of carbonyl (C=O) groups excluding carboxylic acids is 1. The summed E-state index contributed by atoms with van der Waals surface area (Å²) in [5.74, 6) is 0.0788. The number of hydrogen-bond acceptors (Lipinski definition) is 3. The van der Waals surface area contributed by atoms with Crippen LogP contribution in [0, 0.1) is 0 Å². The summed E-state index contributed by atoms with van der Waals surface area (Å²) in [5, 5.41) is 0. The molecule has 128 valence electrons. The van der Waals surface area contributed by atoms with E-state index in [1.165, 1.54) is 0 Å². The molecule has 0 aliphatic rings. The number of ketones is 1. The lowest BCUT2D eigenvalue weighted by molar-refractivity contribution is 0.103. The van der Waals surface area contributed by atoms with Gasteiger partial charge in [-0.1, -0.05) is 12.1 Å². The quantitative estimate of drug-likeness (QED) is 0.663. The minimum absolute atomic E-state index is 0.0788. The third-order valence-electron chi connectivity index (χ3n) is 4.50. The van der Waals surface area contributed by atoms with Gasteiger partial charge in [-0.2, -0.15) is 0 Å². The monoisotopic (exact) mass is 324 g/mol. The van der Waals surface area contributed by atoms with Crippen LogP contribution in [0.3, 0.4) is 0 Å². The zero-order valence-electron chi connectivity index (χ0n) is 15.2. The summed E-state index contributed by atoms with van der Waals surface area (Å²) in [5.41, 5.74) is 3.75. The number of benzene rings is 2. The van der Waals surface area contributed by atoms with Crippen LogP contribution in [-0.2, 0) is 0 Å². The van der Waals surface area contributed by atoms with Gasteiger partial charge in [0.05, 0.1) is 0 Å². The van der Waals surface area contributed by atoms with Crippen molar-refractivity contribution in [3.05, 3.63) is 59.7 Å². The molecule has 0 amide bonds. The maximum atomic E-state index is 12.8. The Balaban J connectivity index is 2.24. The Labute approximate surface area is 145 Å². The van der Waals surface area contributed by atoms with Crippen molar-refractivity contribution < 1.29 is 4.79 Å². The Morgan fingerprint density at radius 2 is 1.25 bits per heavy atom. The molecule has 0 radical (unpaired) electrons. The van der Waals surface area contributed by atoms with E-state index < -0.39 is 0 Å². The zero-order valence-corrected chi connectivity index (χ0v) is 15.2. The molecule has 0 aliphatic carbocycles. The second-order valence-electron chi connectivity index (χ2n) is 5.77. The van der Waals surface area contributed by atoms with Gasteiger partial charge in [0.25, 0.3) is 0 Å². The summed E-state index contributed by atoms with van der Waals surface area (Å²) in [7, 11) is 0. The minimum atomic E-state index is 0.0788. The number of carbonyl (C=O) groups is 1. The smallest absolute Gasteiger partial charge is 0.193 e. The summed E-state index contributed by atoms with van der Waals surface area (Å²) in [6.07, 6.45) is 0. The molecule has 0 heterocycles. The second kappa shape index (κ2) is 8.53. The van der Waals surface area contributed by atoms with E-state index in [9.17, 15) is 4.79 Å². The lowest BCUT2D eigenvalue weighted by Gasteiger charge is -2.22. The lowest BCUT2D eigenvalue weighted by Crippen LogP contribution is -2.22. The first-order valence-electron chi connectivity index (χ1n) is 8.89. The topological polar surface area (TPSA) is 23.6 Å². The first-order valence-corrected chi connectivity index (χ1v) is 8.89. The third-order valence-corrected chi connectivity index (χ3v) is 4.50. The molecule has 3 nitrogen and oxygen atoms in total. The zero-order chi connectivity index (χ0) is 17.5. The summed E-state index contributed by atoms with van der Waals surface area (Å²) >= 11 is 0. The van der Waals surface area contributed by atoms with Gasteiger partial charge in [0.2, 0.25) is 0 Å². The first-order chi connectivity index (χ1) is 11.6. The van der Waals surface area contributed by atoms with Crippen molar-refractivity contribution in [1.29, 1.82) is 0 Å². The maximum absolute atomic E-state index is 12.8. The van der Waals surface area contributed by atoms with E-state index in [0.29, 0.717) is 0 Å². The molecule has 0 saturated carbocycles. The average molecular weight is 324 g/mol. The van der Waals surface area contributed by atoms with Crippen LogP contribution in [-0.4, -0.2) is 32.0 Å². The van der Waals surface area contributed by atoms with Crippen molar-refractivity contribution in [3.8, 4) is 0 Å². The van der Waals surface area contributed by atoms with Gasteiger partial charge in [-0.05, 0) is 64.1 Å². The van der Waals surface area contributed by atoms with Crippen LogP contribution in [0.5, 0.6) is 0 Å². The molecule has 0 bridgehead atoms. The van der Waals surface area contributed by atoms with Crippen LogP contribution in [0.25, 0.3) is 0 Å². The van der Waals surface area contributed by atoms with Crippen LogP contribution >= 0.6 is 0 Å². The van der Waals surface area contributed by atoms with Crippen molar-refractivity contribution in [3.63, 3.8) is 0 Å². The summed E-state index contributed by atoms with van der Waals surface area (Å²) < 4.78 is 0. The highest BCUT2D eigenvalue weighted by atomic mass is 16.1. The van der Waals surface area contributed by atoms with Gasteiger partial charge >= 0.3 is 0 Å². The Kier molecular flexibility index (Phi) is 6.42. The van der Waals surface area contributed by atoms with E-state index in [1.54, 1.807) is 0 Å². The van der Waals surface area contributed by atoms with Gasteiger partial charge < -0.3 is 9.80 Å². The molecule has 2 aromatic carbocycles. The molecule has 3 heteroatoms. The average Bonchev–Trinajstić information content (AvgIpc) is 2.64. The van der Waals surface area contributed by atoms with Crippen molar-refractivity contribution >= 4 is 17.2 Å². The number of anilines is 2. The second-order valence-corrected chi connectivity index (χ2v) is 5.77. The first kappa shape index (κ1) is 18.1. The highest BCUT2D eigenvalue weighted by Crippen LogP contribution is 2.20. The Morgan fingerprint density at radius 3 is 1.79 bits per heavy atom. The number of rotatable bonds is 8. The molecule has 0 fully saturated rings. The van der Waals surface area contributed by atoms with E-state index in [2.05, 4.69) is 43.6 Å². The summed E-state index contributed by atoms with van der Waals surface area (Å²) in [4.78, 5) is 17.3. The van der Waals surface area contributed by atoms with E-state index in [4.69, 9.17) is 0 Å². The van der Waals surface area contributed by atoms with Gasteiger partial charge in [-0.3, -0.25) is 4.79 Å². The number of nitrogens with zero attached hydrogens (tertiary/aromatic N) is 2. The molecule has 0 spiro atoms. The molecule has 0 atom stereocenters. The highest BCUT2D eigenvalue weighted by molar-refractivity contribution is 6.09. The van der Waals surface area contributed by atoms with Crippen molar-refractivity contribution in [2.24, 2.45) is 0 Å². The Morgan fingerprint density at radius 1 is 0.708 bits per heavy atom. The van der Waals surface area contributed by atoms with Crippen LogP contribution in [0.4, 0.5) is 11.4 Å². The van der Waals surface area contributed by atoms with Crippen LogP contribution in [0.1, 0.15) is 43.6 Å². The number of hydrogen-bond donors (Lipinski definition) is 0. The van der Waals surface area contributed by atoms with Crippen molar-refractivity contribution in [1.82, 2.24) is 0 Å². The lowest BCUT2D eigenvalue weighted by atomic mass is 10.0. The van der Waals surface area contributed by atoms with E-state index in [0.717, 1.165) is 48.7 Å². The summed E-state index contributed by atoms with van der Waals surface area (Å²) in [6.45, 7) is 12.3. The van der Waals surface area contributed by atoms with Crippen LogP contribution in [0.15, 0.2) is 48.5 Å². The van der Waals surface area contributed by atoms with Gasteiger partial charge in [-0.25, -0.2) is 0 Å². The molecule has 0 unspecified atom stereocenters. The SMILES string of the molecule is CCN(CC)c1ccc(C(=O)c2cccc(N(CC)CC)c2)cc1. The van der Waals surface area contributed by atoms with E-state index >= 15 is 0 Å². The predicted molar refractivity (Wildman–Crippen MR) is 103 cm³/mol. The summed E-state index contributed by atoms with van der Waals surface area (Å²) in [6, 6.07) is 15.8. The van der Waals surface area contributed by atoms with Crippen molar-refractivity contribution in [2.75, 3.05) is 36.0 Å². The Hall–Kier alpha value is -2.29. The largest absolute Gasteiger partial charge is 0.372 e.